The van der Waals surface area contributed by atoms with Gasteiger partial charge >= 0.3 is 0 Å². The molecular formula is C105H153N9O21. The monoisotopic (exact) mass is 1880 g/mol. The van der Waals surface area contributed by atoms with Crippen molar-refractivity contribution in [1.82, 2.24) is 45.9 Å². The molecule has 30 heteroatoms. The van der Waals surface area contributed by atoms with Gasteiger partial charge in [-0.25, -0.2) is 0 Å². The van der Waals surface area contributed by atoms with Crippen LogP contribution in [0.2, 0.25) is 0 Å². The van der Waals surface area contributed by atoms with Gasteiger partial charge in [0.15, 0.2) is 0 Å². The largest absolute Gasteiger partial charge is 0.490 e. The number of rotatable bonds is 51. The van der Waals surface area contributed by atoms with Crippen LogP contribution in [0.25, 0.3) is 65.4 Å². The normalized spacial score (nSPS) is 13.0. The van der Waals surface area contributed by atoms with Crippen molar-refractivity contribution < 1.29 is 71.2 Å². The third-order valence-electron chi connectivity index (χ3n) is 21.3. The number of ether oxygens (including phenoxy) is 12. The molecule has 3 amide bonds. The van der Waals surface area contributed by atoms with Crippen LogP contribution in [-0.2, 0) is 28.4 Å². The Bertz CT molecular complexity index is 4940. The van der Waals surface area contributed by atoms with Gasteiger partial charge in [0, 0.05) is 127 Å². The molecule has 0 fully saturated rings. The lowest BCUT2D eigenvalue weighted by molar-refractivity contribution is 0.0256. The summed E-state index contributed by atoms with van der Waals surface area (Å²) < 4.78 is 77.0. The second kappa shape index (κ2) is 56.0. The second-order valence-corrected chi connectivity index (χ2v) is 39.0. The van der Waals surface area contributed by atoms with Gasteiger partial charge in [-0.1, -0.05) is 125 Å². The maximum atomic E-state index is 15.9. The summed E-state index contributed by atoms with van der Waals surface area (Å²) in [7, 11) is 0. The Morgan fingerprint density at radius 3 is 0.519 bits per heavy atom. The molecule has 0 saturated carbocycles. The number of nitrogens with one attached hydrogen (secondary N) is 9. The zero-order valence-corrected chi connectivity index (χ0v) is 84.2. The molecule has 744 valence electrons. The number of hydrogen-bond acceptors (Lipinski definition) is 21. The number of fused-ring (bicyclic) bond motifs is 12. The topological polar surface area (TPSA) is 395 Å². The summed E-state index contributed by atoms with van der Waals surface area (Å²) in [5.41, 5.74) is -5.58. The predicted molar refractivity (Wildman–Crippen MR) is 538 cm³/mol. The molecule has 0 aliphatic rings. The van der Waals surface area contributed by atoms with Crippen LogP contribution in [-0.4, -0.2) is 183 Å². The molecule has 9 N–H and O–H groups in total. The molecular weight excluding hydrogens is 1720 g/mol. The average Bonchev–Trinajstić information content (AvgIpc) is 0.791. The predicted octanol–water partition coefficient (Wildman–Crippen LogP) is 17.9. The summed E-state index contributed by atoms with van der Waals surface area (Å²) in [6, 6.07) is 20.8. The van der Waals surface area contributed by atoms with E-state index in [0.29, 0.717) is 75.1 Å². The first kappa shape index (κ1) is 111. The van der Waals surface area contributed by atoms with Crippen LogP contribution >= 0.6 is 0 Å². The van der Waals surface area contributed by atoms with Crippen LogP contribution in [0.4, 0.5) is 0 Å². The summed E-state index contributed by atoms with van der Waals surface area (Å²) in [6.07, 6.45) is 1.19. The highest BCUT2D eigenvalue weighted by atomic mass is 16.6. The fraction of sp³-hybridized carbons (Fsp3) is 0.571. The van der Waals surface area contributed by atoms with E-state index in [1.807, 2.05) is 83.1 Å². The van der Waals surface area contributed by atoms with Crippen molar-refractivity contribution in [2.24, 2.45) is 53.3 Å². The zero-order valence-electron chi connectivity index (χ0n) is 84.2. The Labute approximate surface area is 793 Å². The number of benzene rings is 6. The second-order valence-electron chi connectivity index (χ2n) is 39.0. The molecule has 12 bridgehead atoms. The van der Waals surface area contributed by atoms with E-state index in [1.54, 1.807) is 0 Å². The van der Waals surface area contributed by atoms with Crippen LogP contribution in [0.15, 0.2) is 120 Å². The Kier molecular flexibility index (Phi) is 46.1. The van der Waals surface area contributed by atoms with E-state index in [9.17, 15) is 14.4 Å². The molecule has 1 heterocycles. The Hall–Kier alpha value is -10.9. The average molecular weight is 1880 g/mol. The number of carbonyl (C=O) groups excluding carboxylic acids is 3. The molecule has 6 atom stereocenters. The Balaban J connectivity index is 1.85. The van der Waals surface area contributed by atoms with Gasteiger partial charge in [0.25, 0.3) is 51.1 Å². The summed E-state index contributed by atoms with van der Waals surface area (Å²) in [5, 5.41) is 7.45. The molecule has 0 radical (unpaired) electrons. The molecule has 7 rings (SSSR count). The van der Waals surface area contributed by atoms with Gasteiger partial charge in [0.05, 0.1) is 68.9 Å². The minimum atomic E-state index is -0.882. The van der Waals surface area contributed by atoms with Crippen molar-refractivity contribution in [2.75, 3.05) is 98.9 Å². The zero-order chi connectivity index (χ0) is 99.3. The highest BCUT2D eigenvalue weighted by Gasteiger charge is 2.23. The smallest absolute Gasteiger partial charge is 0.259 e. The van der Waals surface area contributed by atoms with Gasteiger partial charge in [-0.05, 0) is 206 Å². The Morgan fingerprint density at radius 2 is 0.378 bits per heavy atom. The van der Waals surface area contributed by atoms with Crippen LogP contribution < -0.4 is 77.7 Å². The lowest BCUT2D eigenvalue weighted by Gasteiger charge is -2.18. The lowest BCUT2D eigenvalue weighted by Crippen LogP contribution is -2.27. The maximum absolute atomic E-state index is 15.9. The van der Waals surface area contributed by atoms with Gasteiger partial charge in [-0.2, -0.15) is 0 Å². The molecule has 7 aromatic rings. The van der Waals surface area contributed by atoms with Crippen LogP contribution in [0.5, 0.6) is 34.5 Å². The van der Waals surface area contributed by atoms with Crippen LogP contribution in [0.3, 0.4) is 0 Å². The van der Waals surface area contributed by atoms with Crippen molar-refractivity contribution in [3.05, 3.63) is 170 Å². The molecule has 135 heavy (non-hydrogen) atoms. The highest BCUT2D eigenvalue weighted by molar-refractivity contribution is 5.99. The SMILES string of the molecule is CC(C)CCO[C@@H](C)COc1cc(OC[C@H](C)OCCC(C)C)c2cc1c(=O)[nH]c1cc(C(=O)NCC(C)C)cc(c1)[nH]c(=O)c1cc(c(OC[C@H](C)OCCC(C)C)cc1OC[C@H](C)OCCC(C)C)c(=O)[nH]c1cc(C(=O)NCC(C)C)cc(c1)[nH]c(=O)c1cc(c(OC[C@H](C)OCCC(C)C)cc1OC[C@H](C)OCCC(C)C)c(=O)[nH]c1cc(C(=O)NCC(C)C)cc(c1)[nH]c2=O. The first-order chi connectivity index (χ1) is 63.9. The number of amides is 3. The number of aromatic amines is 6. The number of aromatic nitrogens is 6. The summed E-state index contributed by atoms with van der Waals surface area (Å²) in [5.74, 6) is -0.343. The first-order valence-corrected chi connectivity index (χ1v) is 48.1. The van der Waals surface area contributed by atoms with Gasteiger partial charge in [-0.3, -0.25) is 43.2 Å². The van der Waals surface area contributed by atoms with E-state index in [1.165, 1.54) is 91.0 Å². The van der Waals surface area contributed by atoms with Crippen LogP contribution in [0, 0.1) is 53.3 Å². The van der Waals surface area contributed by atoms with Crippen molar-refractivity contribution in [1.29, 1.82) is 0 Å². The number of carbonyl (C=O) groups is 3. The third kappa shape index (κ3) is 39.4. The van der Waals surface area contributed by atoms with Gasteiger partial charge in [-0.15, -0.1) is 0 Å². The number of H-pyrrole nitrogens is 6. The van der Waals surface area contributed by atoms with E-state index in [0.717, 1.165) is 38.5 Å². The number of hydrogen-bond donors (Lipinski definition) is 9. The molecule has 0 aliphatic heterocycles. The molecule has 6 aromatic carbocycles. The quantitative estimate of drug-likeness (QED) is 0.0171. The van der Waals surface area contributed by atoms with E-state index >= 15 is 28.8 Å². The van der Waals surface area contributed by atoms with E-state index < -0.39 is 87.7 Å². The summed E-state index contributed by atoms with van der Waals surface area (Å²) >= 11 is 0. The fourth-order valence-corrected chi connectivity index (χ4v) is 13.1. The van der Waals surface area contributed by atoms with Gasteiger partial charge in [0.2, 0.25) is 0 Å². The van der Waals surface area contributed by atoms with Gasteiger partial charge < -0.3 is 103 Å². The van der Waals surface area contributed by atoms with Gasteiger partial charge in [0.1, 0.15) is 74.1 Å². The fourth-order valence-electron chi connectivity index (χ4n) is 13.1. The van der Waals surface area contributed by atoms with Crippen molar-refractivity contribution in [3.8, 4) is 34.5 Å². The maximum Gasteiger partial charge on any atom is 0.259 e. The lowest BCUT2D eigenvalue weighted by atomic mass is 10.1. The first-order valence-electron chi connectivity index (χ1n) is 48.1. The highest BCUT2D eigenvalue weighted by Crippen LogP contribution is 2.33. The summed E-state index contributed by atoms with van der Waals surface area (Å²) in [4.78, 5) is 157. The van der Waals surface area contributed by atoms with E-state index in [4.69, 9.17) is 56.8 Å². The molecule has 0 unspecified atom stereocenters. The van der Waals surface area contributed by atoms with Crippen molar-refractivity contribution in [2.45, 2.75) is 241 Å². The molecule has 0 aliphatic carbocycles. The Morgan fingerprint density at radius 1 is 0.222 bits per heavy atom. The van der Waals surface area contributed by atoms with E-state index in [-0.39, 0.29) is 194 Å². The summed E-state index contributed by atoms with van der Waals surface area (Å²) in [6.45, 7) is 49.7. The van der Waals surface area contributed by atoms with Crippen LogP contribution in [0.1, 0.15) is 236 Å². The van der Waals surface area contributed by atoms with Crippen molar-refractivity contribution >= 4 is 83.1 Å². The third-order valence-corrected chi connectivity index (χ3v) is 21.3. The molecule has 1 aromatic heterocycles. The molecule has 0 spiro atoms. The molecule has 30 nitrogen and oxygen atoms in total. The van der Waals surface area contributed by atoms with Crippen molar-refractivity contribution in [3.63, 3.8) is 0 Å². The minimum absolute atomic E-state index is 0.0188. The minimum Gasteiger partial charge on any atom is -0.490 e. The van der Waals surface area contributed by atoms with E-state index in [2.05, 4.69) is 129 Å². The molecule has 0 saturated heterocycles. The standard InChI is InChI=1S/C105H153N9O21/c1-61(2)25-31-124-70(19)55-130-91-49-92(131-56-71(20)125-32-26-62(3)4)86-46-85(91)100(118)109-79-37-76(97(115)106-52-67(13)14)38-80(43-79)111-102(120)87-47-88(94(133-58-73(22)127-34-28-64(7)8)50-93(87)132-57-72(21)126-33-27-63(5)6)104(122)113-83-41-78(99(117)108-54-69(17)18)42-84(45-83)114-105(123)90-48-89(103(121)112-82-40-77(98(116)107-53-68(15)16)39-81(44-82)110-101(86)119)95(134-59-74(23)128-35-29-65(9)10)51-96(90)135-60-75(24)129-36-30-66(11)12/h37-51,61-75H,25-36,52-60H2,1-24H3,(H,106,115)(H,107,116)(H,108,117)(H,109,118)(H,110,119)(H,111,120)(H,112,121)(H,113,122)(H,114,123)/t70-,71-,72-,73-,74-,75-/m0/s1.